The number of thioether (sulfide) groups is 1. The van der Waals surface area contributed by atoms with Crippen molar-refractivity contribution in [2.24, 2.45) is 0 Å². The molecule has 106 valence electrons. The van der Waals surface area contributed by atoms with E-state index in [1.807, 2.05) is 0 Å². The molecule has 9 heteroatoms. The van der Waals surface area contributed by atoms with E-state index in [0.717, 1.165) is 24.0 Å². The Bertz CT molecular complexity index is 622. The van der Waals surface area contributed by atoms with Gasteiger partial charge >= 0.3 is 6.18 Å². The number of aromatic nitrogens is 3. The molecule has 2 aromatic heterocycles. The summed E-state index contributed by atoms with van der Waals surface area (Å²) in [7, 11) is 0. The summed E-state index contributed by atoms with van der Waals surface area (Å²) < 4.78 is 37.5. The maximum atomic E-state index is 12.5. The molecule has 0 radical (unpaired) electrons. The molecular weight excluding hydrogens is 334 g/mol. The number of hydrogen-bond acceptors (Lipinski definition) is 4. The molecule has 0 unspecified atom stereocenters. The van der Waals surface area contributed by atoms with E-state index in [0.29, 0.717) is 11.3 Å². The van der Waals surface area contributed by atoms with E-state index in [9.17, 15) is 13.2 Å². The van der Waals surface area contributed by atoms with Crippen LogP contribution in [0.25, 0.3) is 0 Å². The third-order valence-electron chi connectivity index (χ3n) is 2.17. The van der Waals surface area contributed by atoms with Crippen molar-refractivity contribution in [3.63, 3.8) is 0 Å². The van der Waals surface area contributed by atoms with Gasteiger partial charge in [-0.1, -0.05) is 41.0 Å². The van der Waals surface area contributed by atoms with Crippen LogP contribution in [0.1, 0.15) is 11.3 Å². The van der Waals surface area contributed by atoms with Gasteiger partial charge in [0, 0.05) is 11.9 Å². The maximum absolute atomic E-state index is 12.5. The summed E-state index contributed by atoms with van der Waals surface area (Å²) in [6.45, 7) is 0. The summed E-state index contributed by atoms with van der Waals surface area (Å²) in [6.07, 6.45) is -3.42. The number of alkyl halides is 3. The molecule has 0 aliphatic rings. The predicted octanol–water partition coefficient (Wildman–Crippen LogP) is 4.49. The molecule has 0 saturated carbocycles. The van der Waals surface area contributed by atoms with Crippen LogP contribution in [0.3, 0.4) is 0 Å². The van der Waals surface area contributed by atoms with Gasteiger partial charge in [0.1, 0.15) is 16.0 Å². The first kappa shape index (κ1) is 15.3. The van der Waals surface area contributed by atoms with Crippen molar-refractivity contribution in [2.45, 2.75) is 17.1 Å². The van der Waals surface area contributed by atoms with Crippen molar-refractivity contribution in [3.8, 4) is 0 Å². The minimum Gasteiger partial charge on any atom is -0.231 e. The van der Waals surface area contributed by atoms with Gasteiger partial charge in [-0.25, -0.2) is 15.0 Å². The van der Waals surface area contributed by atoms with Crippen molar-refractivity contribution in [1.82, 2.24) is 15.0 Å². The molecule has 0 aliphatic heterocycles. The highest BCUT2D eigenvalue weighted by molar-refractivity contribution is 7.98. The van der Waals surface area contributed by atoms with Gasteiger partial charge in [-0.15, -0.1) is 0 Å². The number of rotatable bonds is 3. The fourth-order valence-electron chi connectivity index (χ4n) is 1.26. The molecule has 0 bridgehead atoms. The molecule has 3 nitrogen and oxygen atoms in total. The third kappa shape index (κ3) is 3.97. The molecule has 0 aliphatic carbocycles. The van der Waals surface area contributed by atoms with E-state index < -0.39 is 11.9 Å². The van der Waals surface area contributed by atoms with Crippen molar-refractivity contribution >= 4 is 35.0 Å². The topological polar surface area (TPSA) is 38.7 Å². The largest absolute Gasteiger partial charge is 0.433 e. The van der Waals surface area contributed by atoms with Crippen molar-refractivity contribution < 1.29 is 13.2 Å². The van der Waals surface area contributed by atoms with Crippen LogP contribution in [-0.4, -0.2) is 15.0 Å². The van der Waals surface area contributed by atoms with Crippen LogP contribution in [-0.2, 0) is 11.9 Å². The first-order valence-electron chi connectivity index (χ1n) is 5.20. The highest BCUT2D eigenvalue weighted by atomic mass is 35.5. The van der Waals surface area contributed by atoms with Gasteiger partial charge in [0.2, 0.25) is 0 Å². The highest BCUT2D eigenvalue weighted by Crippen LogP contribution is 2.29. The molecule has 2 rings (SSSR count). The van der Waals surface area contributed by atoms with E-state index in [4.69, 9.17) is 23.2 Å². The smallest absolute Gasteiger partial charge is 0.231 e. The van der Waals surface area contributed by atoms with Gasteiger partial charge in [0.05, 0.1) is 0 Å². The molecule has 0 aromatic carbocycles. The van der Waals surface area contributed by atoms with Crippen LogP contribution >= 0.6 is 35.0 Å². The predicted molar refractivity (Wildman–Crippen MR) is 70.9 cm³/mol. The monoisotopic (exact) mass is 339 g/mol. The molecule has 0 saturated heterocycles. The average Bonchev–Trinajstić information content (AvgIpc) is 2.37. The Kier molecular flexibility index (Phi) is 4.72. The van der Waals surface area contributed by atoms with Crippen LogP contribution in [0, 0.1) is 0 Å². The first-order chi connectivity index (χ1) is 9.36. The zero-order chi connectivity index (χ0) is 14.8. The standard InChI is InChI=1S/C11H6Cl2F3N3S/c12-8-2-1-6(9(13)19-8)5-20-10-17-4-3-7(18-10)11(14,15)16/h1-4H,5H2. The van der Waals surface area contributed by atoms with Crippen molar-refractivity contribution in [1.29, 1.82) is 0 Å². The van der Waals surface area contributed by atoms with E-state index in [1.54, 1.807) is 12.1 Å². The van der Waals surface area contributed by atoms with Gasteiger partial charge in [-0.3, -0.25) is 0 Å². The fraction of sp³-hybridized carbons (Fsp3) is 0.182. The van der Waals surface area contributed by atoms with Crippen LogP contribution in [0.2, 0.25) is 10.3 Å². The number of nitrogens with zero attached hydrogens (tertiary/aromatic N) is 3. The van der Waals surface area contributed by atoms with Gasteiger partial charge < -0.3 is 0 Å². The van der Waals surface area contributed by atoms with Gasteiger partial charge in [-0.05, 0) is 17.7 Å². The minimum atomic E-state index is -4.49. The van der Waals surface area contributed by atoms with Crippen molar-refractivity contribution in [2.75, 3.05) is 0 Å². The van der Waals surface area contributed by atoms with E-state index in [1.165, 1.54) is 0 Å². The number of hydrogen-bond donors (Lipinski definition) is 0. The molecule has 0 atom stereocenters. The quantitative estimate of drug-likeness (QED) is 0.469. The molecule has 2 aromatic rings. The average molecular weight is 340 g/mol. The van der Waals surface area contributed by atoms with Gasteiger partial charge in [0.15, 0.2) is 5.16 Å². The van der Waals surface area contributed by atoms with Crippen LogP contribution in [0.15, 0.2) is 29.6 Å². The third-order valence-corrected chi connectivity index (χ3v) is 3.62. The highest BCUT2D eigenvalue weighted by Gasteiger charge is 2.32. The summed E-state index contributed by atoms with van der Waals surface area (Å²) in [5.41, 5.74) is -0.336. The van der Waals surface area contributed by atoms with E-state index >= 15 is 0 Å². The van der Waals surface area contributed by atoms with Gasteiger partial charge in [-0.2, -0.15) is 13.2 Å². The number of pyridine rings is 1. The van der Waals surface area contributed by atoms with Crippen LogP contribution in [0.4, 0.5) is 13.2 Å². The Labute approximate surface area is 126 Å². The second-order valence-electron chi connectivity index (χ2n) is 3.59. The lowest BCUT2D eigenvalue weighted by Gasteiger charge is -2.07. The lowest BCUT2D eigenvalue weighted by molar-refractivity contribution is -0.141. The molecule has 0 fully saturated rings. The zero-order valence-electron chi connectivity index (χ0n) is 9.66. The Morgan fingerprint density at radius 1 is 1.10 bits per heavy atom. The molecule has 0 amide bonds. The molecule has 20 heavy (non-hydrogen) atoms. The summed E-state index contributed by atoms with van der Waals surface area (Å²) in [5.74, 6) is 0.296. The first-order valence-corrected chi connectivity index (χ1v) is 6.94. The summed E-state index contributed by atoms with van der Waals surface area (Å²) in [5, 5.41) is 0.474. The SMILES string of the molecule is FC(F)(F)c1ccnc(SCc2ccc(Cl)nc2Cl)n1. The lowest BCUT2D eigenvalue weighted by atomic mass is 10.3. The minimum absolute atomic E-state index is 0.0193. The summed E-state index contributed by atoms with van der Waals surface area (Å²) in [4.78, 5) is 11.1. The van der Waals surface area contributed by atoms with Gasteiger partial charge in [0.25, 0.3) is 0 Å². The molecule has 0 N–H and O–H groups in total. The number of halogens is 5. The van der Waals surface area contributed by atoms with Crippen molar-refractivity contribution in [3.05, 3.63) is 46.0 Å². The Morgan fingerprint density at radius 2 is 1.85 bits per heavy atom. The second-order valence-corrected chi connectivity index (χ2v) is 5.28. The van der Waals surface area contributed by atoms with Crippen LogP contribution < -0.4 is 0 Å². The Hall–Kier alpha value is -1.05. The fourth-order valence-corrected chi connectivity index (χ4v) is 2.57. The van der Waals surface area contributed by atoms with Crippen LogP contribution in [0.5, 0.6) is 0 Å². The molecular formula is C11H6Cl2F3N3S. The molecule has 2 heterocycles. The molecule has 0 spiro atoms. The normalized spacial score (nSPS) is 11.7. The second kappa shape index (κ2) is 6.15. The zero-order valence-corrected chi connectivity index (χ0v) is 12.0. The summed E-state index contributed by atoms with van der Waals surface area (Å²) in [6, 6.07) is 4.02. The van der Waals surface area contributed by atoms with E-state index in [-0.39, 0.29) is 15.5 Å². The summed E-state index contributed by atoms with van der Waals surface area (Å²) >= 11 is 12.6. The Balaban J connectivity index is 2.11. The van der Waals surface area contributed by atoms with E-state index in [2.05, 4.69) is 15.0 Å². The maximum Gasteiger partial charge on any atom is 0.433 e. The lowest BCUT2D eigenvalue weighted by Crippen LogP contribution is -2.08. The Morgan fingerprint density at radius 3 is 2.50 bits per heavy atom.